The van der Waals surface area contributed by atoms with Gasteiger partial charge in [-0.05, 0) is 63.7 Å². The van der Waals surface area contributed by atoms with Gasteiger partial charge in [0, 0.05) is 0 Å². The molecule has 0 aliphatic heterocycles. The molecule has 0 nitrogen and oxygen atoms in total. The molecule has 0 bridgehead atoms. The Kier molecular flexibility index (Phi) is 24.3. The van der Waals surface area contributed by atoms with Crippen LogP contribution in [-0.2, 0) is 0 Å². The van der Waals surface area contributed by atoms with E-state index in [9.17, 15) is 0 Å². The van der Waals surface area contributed by atoms with Gasteiger partial charge in [0.05, 0.1) is 0 Å². The SMILES string of the molecule is CCC/C=C(/CCCC)CCCCCC/C=C/C(CCCC)CCCCCCCC. The molecule has 0 amide bonds. The van der Waals surface area contributed by atoms with Crippen LogP contribution >= 0.6 is 0 Å². The van der Waals surface area contributed by atoms with Gasteiger partial charge in [-0.1, -0.05) is 129 Å². The molecular formula is C30H58. The lowest BCUT2D eigenvalue weighted by molar-refractivity contribution is 0.477. The predicted octanol–water partition coefficient (Wildman–Crippen LogP) is 11.4. The normalized spacial score (nSPS) is 13.4. The van der Waals surface area contributed by atoms with Gasteiger partial charge in [-0.15, -0.1) is 0 Å². The molecule has 0 aliphatic carbocycles. The Labute approximate surface area is 192 Å². The molecule has 0 fully saturated rings. The second-order valence-electron chi connectivity index (χ2n) is 9.59. The van der Waals surface area contributed by atoms with Gasteiger partial charge in [-0.3, -0.25) is 0 Å². The maximum absolute atomic E-state index is 2.58. The maximum atomic E-state index is 2.58. The van der Waals surface area contributed by atoms with Crippen LogP contribution in [0.2, 0.25) is 0 Å². The number of hydrogen-bond acceptors (Lipinski definition) is 0. The van der Waals surface area contributed by atoms with Crippen molar-refractivity contribution < 1.29 is 0 Å². The van der Waals surface area contributed by atoms with Crippen molar-refractivity contribution in [2.75, 3.05) is 0 Å². The lowest BCUT2D eigenvalue weighted by Crippen LogP contribution is -1.97. The second kappa shape index (κ2) is 24.7. The highest BCUT2D eigenvalue weighted by Gasteiger charge is 2.04. The van der Waals surface area contributed by atoms with E-state index in [0.29, 0.717) is 0 Å². The summed E-state index contributed by atoms with van der Waals surface area (Å²) < 4.78 is 0. The van der Waals surface area contributed by atoms with Crippen LogP contribution in [0.5, 0.6) is 0 Å². The van der Waals surface area contributed by atoms with Crippen molar-refractivity contribution in [1.82, 2.24) is 0 Å². The molecule has 0 rings (SSSR count). The first-order chi connectivity index (χ1) is 14.8. The van der Waals surface area contributed by atoms with Crippen LogP contribution < -0.4 is 0 Å². The highest BCUT2D eigenvalue weighted by atomic mass is 14.1. The van der Waals surface area contributed by atoms with E-state index in [0.717, 1.165) is 5.92 Å². The lowest BCUT2D eigenvalue weighted by atomic mass is 9.94. The summed E-state index contributed by atoms with van der Waals surface area (Å²) >= 11 is 0. The van der Waals surface area contributed by atoms with Gasteiger partial charge in [-0.25, -0.2) is 0 Å². The molecule has 0 aromatic carbocycles. The molecule has 0 saturated heterocycles. The molecule has 30 heavy (non-hydrogen) atoms. The first-order valence-electron chi connectivity index (χ1n) is 14.1. The highest BCUT2D eigenvalue weighted by molar-refractivity contribution is 5.01. The molecule has 0 aromatic rings. The summed E-state index contributed by atoms with van der Waals surface area (Å²) in [6.45, 7) is 9.24. The van der Waals surface area contributed by atoms with Crippen molar-refractivity contribution in [1.29, 1.82) is 0 Å². The summed E-state index contributed by atoms with van der Waals surface area (Å²) in [5, 5.41) is 0. The molecule has 1 unspecified atom stereocenters. The smallest absolute Gasteiger partial charge is 0.0234 e. The Balaban J connectivity index is 3.91. The standard InChI is InChI=1S/C30H58/c1-5-9-13-14-17-20-27-30(25-12-8-4)28-22-19-16-15-18-21-26-29(23-10-6-2)24-11-7-3/h22-23,28,30H,5-21,24-27H2,1-4H3/b28-22+,29-23-. The van der Waals surface area contributed by atoms with Crippen molar-refractivity contribution in [3.8, 4) is 0 Å². The van der Waals surface area contributed by atoms with Crippen LogP contribution in [0.4, 0.5) is 0 Å². The van der Waals surface area contributed by atoms with Crippen LogP contribution in [0, 0.1) is 5.92 Å². The Morgan fingerprint density at radius 1 is 0.533 bits per heavy atom. The molecule has 0 saturated carbocycles. The number of unbranched alkanes of at least 4 members (excludes halogenated alkanes) is 12. The summed E-state index contributed by atoms with van der Waals surface area (Å²) in [6, 6.07) is 0. The third-order valence-electron chi connectivity index (χ3n) is 6.46. The largest absolute Gasteiger partial charge is 0.0883 e. The third kappa shape index (κ3) is 20.7. The van der Waals surface area contributed by atoms with Crippen LogP contribution in [0.25, 0.3) is 0 Å². The average Bonchev–Trinajstić information content (AvgIpc) is 2.76. The Hall–Kier alpha value is -0.520. The van der Waals surface area contributed by atoms with E-state index in [1.807, 2.05) is 0 Å². The molecule has 0 heterocycles. The van der Waals surface area contributed by atoms with Gasteiger partial charge in [0.1, 0.15) is 0 Å². The van der Waals surface area contributed by atoms with Crippen LogP contribution in [0.3, 0.4) is 0 Å². The van der Waals surface area contributed by atoms with E-state index in [1.165, 1.54) is 135 Å². The Morgan fingerprint density at radius 3 is 1.87 bits per heavy atom. The van der Waals surface area contributed by atoms with E-state index in [1.54, 1.807) is 5.57 Å². The van der Waals surface area contributed by atoms with Gasteiger partial charge in [0.15, 0.2) is 0 Å². The number of hydrogen-bond donors (Lipinski definition) is 0. The lowest BCUT2D eigenvalue weighted by Gasteiger charge is -2.12. The molecule has 0 spiro atoms. The molecule has 0 radical (unpaired) electrons. The fraction of sp³-hybridized carbons (Fsp3) is 0.867. The Bertz CT molecular complexity index is 375. The second-order valence-corrected chi connectivity index (χ2v) is 9.59. The van der Waals surface area contributed by atoms with Gasteiger partial charge in [-0.2, -0.15) is 0 Å². The molecule has 1 atom stereocenters. The summed E-state index contributed by atoms with van der Waals surface area (Å²) in [4.78, 5) is 0. The van der Waals surface area contributed by atoms with Crippen molar-refractivity contribution >= 4 is 0 Å². The van der Waals surface area contributed by atoms with E-state index in [4.69, 9.17) is 0 Å². The first kappa shape index (κ1) is 29.5. The zero-order valence-electron chi connectivity index (χ0n) is 21.7. The molecule has 0 aliphatic rings. The summed E-state index contributed by atoms with van der Waals surface area (Å²) in [6.07, 6.45) is 36.7. The molecule has 0 N–H and O–H groups in total. The highest BCUT2D eigenvalue weighted by Crippen LogP contribution is 2.21. The molecule has 0 heteroatoms. The fourth-order valence-corrected chi connectivity index (χ4v) is 4.33. The van der Waals surface area contributed by atoms with E-state index < -0.39 is 0 Å². The van der Waals surface area contributed by atoms with Crippen LogP contribution in [0.15, 0.2) is 23.8 Å². The van der Waals surface area contributed by atoms with Gasteiger partial charge < -0.3 is 0 Å². The van der Waals surface area contributed by atoms with Crippen LogP contribution in [-0.4, -0.2) is 0 Å². The predicted molar refractivity (Wildman–Crippen MR) is 140 cm³/mol. The third-order valence-corrected chi connectivity index (χ3v) is 6.46. The topological polar surface area (TPSA) is 0 Å². The molecule has 178 valence electrons. The Morgan fingerprint density at radius 2 is 1.13 bits per heavy atom. The minimum Gasteiger partial charge on any atom is -0.0883 e. The first-order valence-corrected chi connectivity index (χ1v) is 14.1. The van der Waals surface area contributed by atoms with Crippen molar-refractivity contribution in [3.63, 3.8) is 0 Å². The zero-order chi connectivity index (χ0) is 22.1. The zero-order valence-corrected chi connectivity index (χ0v) is 21.7. The average molecular weight is 419 g/mol. The molecular weight excluding hydrogens is 360 g/mol. The monoisotopic (exact) mass is 418 g/mol. The number of rotatable bonds is 23. The summed E-state index contributed by atoms with van der Waals surface area (Å²) in [5.41, 5.74) is 1.74. The van der Waals surface area contributed by atoms with Crippen molar-refractivity contribution in [3.05, 3.63) is 23.8 Å². The van der Waals surface area contributed by atoms with Gasteiger partial charge in [0.2, 0.25) is 0 Å². The maximum Gasteiger partial charge on any atom is -0.0234 e. The minimum atomic E-state index is 0.848. The van der Waals surface area contributed by atoms with Crippen molar-refractivity contribution in [2.24, 2.45) is 5.92 Å². The fourth-order valence-electron chi connectivity index (χ4n) is 4.33. The molecule has 0 aromatic heterocycles. The number of allylic oxidation sites excluding steroid dienone is 4. The quantitative estimate of drug-likeness (QED) is 0.114. The van der Waals surface area contributed by atoms with Crippen molar-refractivity contribution in [2.45, 2.75) is 163 Å². The van der Waals surface area contributed by atoms with Crippen LogP contribution in [0.1, 0.15) is 163 Å². The summed E-state index contributed by atoms with van der Waals surface area (Å²) in [7, 11) is 0. The van der Waals surface area contributed by atoms with E-state index >= 15 is 0 Å². The van der Waals surface area contributed by atoms with Gasteiger partial charge in [0.25, 0.3) is 0 Å². The van der Waals surface area contributed by atoms with E-state index in [-0.39, 0.29) is 0 Å². The minimum absolute atomic E-state index is 0.848. The summed E-state index contributed by atoms with van der Waals surface area (Å²) in [5.74, 6) is 0.848. The van der Waals surface area contributed by atoms with E-state index in [2.05, 4.69) is 45.9 Å². The van der Waals surface area contributed by atoms with Gasteiger partial charge >= 0.3 is 0 Å².